The van der Waals surface area contributed by atoms with Crippen LogP contribution < -0.4 is 4.74 Å². The van der Waals surface area contributed by atoms with Crippen molar-refractivity contribution in [2.24, 2.45) is 5.92 Å². The predicted octanol–water partition coefficient (Wildman–Crippen LogP) is 5.67. The summed E-state index contributed by atoms with van der Waals surface area (Å²) < 4.78 is 18.9. The maximum atomic E-state index is 13.3. The van der Waals surface area contributed by atoms with Crippen molar-refractivity contribution in [2.75, 3.05) is 13.7 Å². The number of piperidine rings is 1. The van der Waals surface area contributed by atoms with Crippen molar-refractivity contribution in [3.63, 3.8) is 0 Å². The fourth-order valence-corrected chi connectivity index (χ4v) is 6.21. The van der Waals surface area contributed by atoms with E-state index in [1.54, 1.807) is 24.8 Å². The zero-order valence-electron chi connectivity index (χ0n) is 16.5. The highest BCUT2D eigenvalue weighted by molar-refractivity contribution is 8.93. The Morgan fingerprint density at radius 2 is 1.93 bits per heavy atom. The van der Waals surface area contributed by atoms with Crippen molar-refractivity contribution < 1.29 is 9.13 Å². The first-order valence-corrected chi connectivity index (χ1v) is 10.4. The average molecular weight is 446 g/mol. The van der Waals surface area contributed by atoms with Crippen molar-refractivity contribution in [2.45, 2.75) is 56.5 Å². The smallest absolute Gasteiger partial charge is 0.123 e. The SMILES string of the molecule is Br.COc1ccc2c(c1)[C@]13CCCC[C@H]1[C@H](C2)N(Cc1ccc(F)cc1)CC3. The van der Waals surface area contributed by atoms with Crippen LogP contribution in [-0.4, -0.2) is 24.6 Å². The lowest BCUT2D eigenvalue weighted by atomic mass is 9.52. The summed E-state index contributed by atoms with van der Waals surface area (Å²) in [4.78, 5) is 2.68. The largest absolute Gasteiger partial charge is 0.497 e. The van der Waals surface area contributed by atoms with Gasteiger partial charge in [0.2, 0.25) is 0 Å². The molecule has 1 heterocycles. The average Bonchev–Trinajstić information content (AvgIpc) is 2.71. The summed E-state index contributed by atoms with van der Waals surface area (Å²) in [6.07, 6.45) is 7.72. The molecular weight excluding hydrogens is 417 g/mol. The van der Waals surface area contributed by atoms with Gasteiger partial charge in [-0.1, -0.05) is 31.0 Å². The van der Waals surface area contributed by atoms with E-state index in [-0.39, 0.29) is 22.8 Å². The Labute approximate surface area is 177 Å². The number of ether oxygens (including phenoxy) is 1. The highest BCUT2D eigenvalue weighted by atomic mass is 79.9. The summed E-state index contributed by atoms with van der Waals surface area (Å²) in [5.74, 6) is 1.59. The minimum absolute atomic E-state index is 0. The van der Waals surface area contributed by atoms with Crippen LogP contribution in [0.4, 0.5) is 4.39 Å². The summed E-state index contributed by atoms with van der Waals surface area (Å²) in [7, 11) is 1.77. The Morgan fingerprint density at radius 1 is 1.11 bits per heavy atom. The maximum absolute atomic E-state index is 13.3. The highest BCUT2D eigenvalue weighted by Crippen LogP contribution is 2.56. The normalized spacial score (nSPS) is 28.6. The molecule has 2 aromatic rings. The van der Waals surface area contributed by atoms with Crippen LogP contribution in [0, 0.1) is 11.7 Å². The molecular formula is C24H29BrFNO. The molecule has 0 aromatic heterocycles. The van der Waals surface area contributed by atoms with Gasteiger partial charge in [-0.15, -0.1) is 17.0 Å². The number of hydrogen-bond donors (Lipinski definition) is 0. The Bertz CT molecular complexity index is 839. The van der Waals surface area contributed by atoms with Crippen molar-refractivity contribution in [1.29, 1.82) is 0 Å². The van der Waals surface area contributed by atoms with Gasteiger partial charge in [0.1, 0.15) is 11.6 Å². The van der Waals surface area contributed by atoms with Gasteiger partial charge in [0.15, 0.2) is 0 Å². The highest BCUT2D eigenvalue weighted by Gasteiger charge is 2.53. The van der Waals surface area contributed by atoms with E-state index in [9.17, 15) is 4.39 Å². The van der Waals surface area contributed by atoms with Gasteiger partial charge >= 0.3 is 0 Å². The van der Waals surface area contributed by atoms with Gasteiger partial charge in [-0.25, -0.2) is 4.39 Å². The Balaban J connectivity index is 0.00000192. The van der Waals surface area contributed by atoms with Crippen LogP contribution in [0.15, 0.2) is 42.5 Å². The standard InChI is InChI=1S/C24H28FNO.BrH/c1-27-20-10-7-18-14-23-21-4-2-3-11-24(21,22(18)15-20)12-13-26(23)16-17-5-8-19(25)9-6-17;/h5-10,15,21,23H,2-4,11-14,16H2,1H3;1H/t21-,23-,24-;/m0./s1. The first-order valence-electron chi connectivity index (χ1n) is 10.4. The molecule has 0 radical (unpaired) electrons. The summed E-state index contributed by atoms with van der Waals surface area (Å²) in [6, 6.07) is 14.4. The quantitative estimate of drug-likeness (QED) is 0.603. The molecule has 5 rings (SSSR count). The van der Waals surface area contributed by atoms with Crippen LogP contribution in [0.5, 0.6) is 5.75 Å². The lowest BCUT2D eigenvalue weighted by Gasteiger charge is -2.59. The molecule has 0 unspecified atom stereocenters. The number of likely N-dealkylation sites (tertiary alicyclic amines) is 1. The van der Waals surface area contributed by atoms with Crippen molar-refractivity contribution in [3.8, 4) is 5.75 Å². The summed E-state index contributed by atoms with van der Waals surface area (Å²) >= 11 is 0. The first-order chi connectivity index (χ1) is 13.2. The molecule has 0 amide bonds. The minimum atomic E-state index is -0.149. The summed E-state index contributed by atoms with van der Waals surface area (Å²) in [6.45, 7) is 2.07. The van der Waals surface area contributed by atoms with Gasteiger partial charge < -0.3 is 4.74 Å². The van der Waals surface area contributed by atoms with E-state index in [1.165, 1.54) is 43.2 Å². The van der Waals surface area contributed by atoms with Crippen molar-refractivity contribution in [3.05, 3.63) is 65.0 Å². The number of fused-ring (bicyclic) bond motifs is 1. The number of hydrogen-bond acceptors (Lipinski definition) is 2. The number of methoxy groups -OCH3 is 1. The van der Waals surface area contributed by atoms with E-state index in [2.05, 4.69) is 23.1 Å². The lowest BCUT2D eigenvalue weighted by molar-refractivity contribution is -0.0157. The molecule has 1 saturated heterocycles. The first kappa shape index (κ1) is 19.9. The third-order valence-corrected chi connectivity index (χ3v) is 7.46. The zero-order valence-corrected chi connectivity index (χ0v) is 18.2. The third-order valence-electron chi connectivity index (χ3n) is 7.46. The summed E-state index contributed by atoms with van der Waals surface area (Å²) in [5, 5.41) is 0. The van der Waals surface area contributed by atoms with Gasteiger partial charge in [-0.3, -0.25) is 4.90 Å². The molecule has 3 atom stereocenters. The van der Waals surface area contributed by atoms with Gasteiger partial charge in [0, 0.05) is 18.0 Å². The molecule has 2 bridgehead atoms. The molecule has 2 fully saturated rings. The molecule has 0 spiro atoms. The van der Waals surface area contributed by atoms with E-state index in [1.807, 2.05) is 12.1 Å². The number of rotatable bonds is 3. The van der Waals surface area contributed by atoms with Gasteiger partial charge in [-0.05, 0) is 79.1 Å². The van der Waals surface area contributed by atoms with Crippen LogP contribution in [0.1, 0.15) is 48.8 Å². The number of nitrogens with zero attached hydrogens (tertiary/aromatic N) is 1. The third kappa shape index (κ3) is 3.19. The minimum Gasteiger partial charge on any atom is -0.497 e. The molecule has 2 aromatic carbocycles. The molecule has 2 nitrogen and oxygen atoms in total. The van der Waals surface area contributed by atoms with Gasteiger partial charge in [0.05, 0.1) is 7.11 Å². The van der Waals surface area contributed by atoms with Crippen LogP contribution in [0.2, 0.25) is 0 Å². The maximum Gasteiger partial charge on any atom is 0.123 e. The van der Waals surface area contributed by atoms with E-state index in [4.69, 9.17) is 4.74 Å². The molecule has 150 valence electrons. The molecule has 3 aliphatic rings. The number of halogens is 2. The van der Waals surface area contributed by atoms with Crippen molar-refractivity contribution >= 4 is 17.0 Å². The lowest BCUT2D eigenvalue weighted by Crippen LogP contribution is -2.60. The molecule has 2 aliphatic carbocycles. The van der Waals surface area contributed by atoms with E-state index < -0.39 is 0 Å². The molecule has 1 saturated carbocycles. The predicted molar refractivity (Wildman–Crippen MR) is 116 cm³/mol. The van der Waals surface area contributed by atoms with Gasteiger partial charge in [0.25, 0.3) is 0 Å². The molecule has 0 N–H and O–H groups in total. The summed E-state index contributed by atoms with van der Waals surface area (Å²) in [5.41, 5.74) is 4.65. The zero-order chi connectivity index (χ0) is 18.4. The van der Waals surface area contributed by atoms with Crippen molar-refractivity contribution in [1.82, 2.24) is 4.90 Å². The Hall–Kier alpha value is -1.39. The molecule has 4 heteroatoms. The topological polar surface area (TPSA) is 12.5 Å². The van der Waals surface area contributed by atoms with Crippen LogP contribution in [0.25, 0.3) is 0 Å². The van der Waals surface area contributed by atoms with E-state index >= 15 is 0 Å². The Kier molecular flexibility index (Phi) is 5.54. The molecule has 28 heavy (non-hydrogen) atoms. The monoisotopic (exact) mass is 445 g/mol. The van der Waals surface area contributed by atoms with E-state index in [0.717, 1.165) is 31.2 Å². The van der Waals surface area contributed by atoms with E-state index in [0.29, 0.717) is 11.5 Å². The number of benzene rings is 2. The van der Waals surface area contributed by atoms with Crippen LogP contribution in [0.3, 0.4) is 0 Å². The Morgan fingerprint density at radius 3 is 2.71 bits per heavy atom. The van der Waals surface area contributed by atoms with Gasteiger partial charge in [-0.2, -0.15) is 0 Å². The fourth-order valence-electron chi connectivity index (χ4n) is 6.21. The van der Waals surface area contributed by atoms with Crippen LogP contribution >= 0.6 is 17.0 Å². The second kappa shape index (κ2) is 7.79. The second-order valence-corrected chi connectivity index (χ2v) is 8.65. The second-order valence-electron chi connectivity index (χ2n) is 8.65. The fraction of sp³-hybridized carbons (Fsp3) is 0.500. The van der Waals surface area contributed by atoms with Crippen LogP contribution in [-0.2, 0) is 18.4 Å². The molecule has 1 aliphatic heterocycles.